The van der Waals surface area contributed by atoms with Gasteiger partial charge in [-0.25, -0.2) is 9.18 Å². The number of hydrogen-bond acceptors (Lipinski definition) is 5. The number of halogens is 1. The molecular weight excluding hydrogens is 307 g/mol. The van der Waals surface area contributed by atoms with Gasteiger partial charge in [0.15, 0.2) is 6.61 Å². The summed E-state index contributed by atoms with van der Waals surface area (Å²) in [7, 11) is 0. The van der Waals surface area contributed by atoms with Crippen molar-refractivity contribution in [3.63, 3.8) is 0 Å². The van der Waals surface area contributed by atoms with Gasteiger partial charge in [0.05, 0.1) is 16.2 Å². The van der Waals surface area contributed by atoms with Crippen LogP contribution in [0.5, 0.6) is 0 Å². The van der Waals surface area contributed by atoms with Crippen LogP contribution < -0.4 is 5.32 Å². The van der Waals surface area contributed by atoms with Gasteiger partial charge in [-0.15, -0.1) is 0 Å². The van der Waals surface area contributed by atoms with Crippen LogP contribution >= 0.6 is 0 Å². The molecule has 0 aliphatic heterocycles. The maximum atomic E-state index is 13.5. The summed E-state index contributed by atoms with van der Waals surface area (Å²) in [5, 5.41) is 12.7. The number of esters is 1. The molecule has 23 heavy (non-hydrogen) atoms. The molecule has 0 saturated carbocycles. The first kappa shape index (κ1) is 16.1. The molecule has 8 heteroatoms. The van der Waals surface area contributed by atoms with Crippen LogP contribution in [0.3, 0.4) is 0 Å². The Morgan fingerprint density at radius 1 is 1.17 bits per heavy atom. The number of nitro groups is 1. The van der Waals surface area contributed by atoms with Crippen molar-refractivity contribution < 1.29 is 23.6 Å². The molecule has 1 N–H and O–H groups in total. The van der Waals surface area contributed by atoms with Crippen LogP contribution in [0.4, 0.5) is 15.8 Å². The molecule has 0 aromatic heterocycles. The third-order valence-corrected chi connectivity index (χ3v) is 2.78. The van der Waals surface area contributed by atoms with Gasteiger partial charge in [0.2, 0.25) is 0 Å². The fourth-order valence-electron chi connectivity index (χ4n) is 1.70. The molecule has 0 aliphatic carbocycles. The number of carbonyl (C=O) groups excluding carboxylic acids is 2. The third-order valence-electron chi connectivity index (χ3n) is 2.78. The van der Waals surface area contributed by atoms with Crippen molar-refractivity contribution >= 4 is 23.3 Å². The lowest BCUT2D eigenvalue weighted by Gasteiger charge is -2.07. The highest BCUT2D eigenvalue weighted by molar-refractivity contribution is 5.95. The predicted octanol–water partition coefficient (Wildman–Crippen LogP) is 2.53. The number of nitrogens with one attached hydrogen (secondary N) is 1. The van der Waals surface area contributed by atoms with Crippen LogP contribution in [0.2, 0.25) is 0 Å². The van der Waals surface area contributed by atoms with Crippen molar-refractivity contribution in [2.75, 3.05) is 11.9 Å². The molecule has 0 aliphatic rings. The van der Waals surface area contributed by atoms with E-state index in [1.807, 2.05) is 0 Å². The minimum absolute atomic E-state index is 0.266. The Bertz CT molecular complexity index is 749. The topological polar surface area (TPSA) is 98.5 Å². The number of rotatable bonds is 5. The van der Waals surface area contributed by atoms with Crippen molar-refractivity contribution in [2.45, 2.75) is 0 Å². The van der Waals surface area contributed by atoms with Gasteiger partial charge in [-0.3, -0.25) is 14.9 Å². The fourth-order valence-corrected chi connectivity index (χ4v) is 1.70. The zero-order chi connectivity index (χ0) is 16.8. The van der Waals surface area contributed by atoms with Crippen molar-refractivity contribution in [2.24, 2.45) is 0 Å². The molecule has 2 aromatic rings. The zero-order valence-corrected chi connectivity index (χ0v) is 11.7. The number of nitrogens with zero attached hydrogens (tertiary/aromatic N) is 1. The molecule has 1 amide bonds. The minimum Gasteiger partial charge on any atom is -0.452 e. The van der Waals surface area contributed by atoms with Gasteiger partial charge in [-0.1, -0.05) is 18.2 Å². The first-order valence-electron chi connectivity index (χ1n) is 6.43. The summed E-state index contributed by atoms with van der Waals surface area (Å²) in [5.41, 5.74) is -0.468. The van der Waals surface area contributed by atoms with E-state index < -0.39 is 29.2 Å². The van der Waals surface area contributed by atoms with Crippen molar-refractivity contribution in [1.82, 2.24) is 0 Å². The molecule has 7 nitrogen and oxygen atoms in total. The molecular formula is C15H11FN2O5. The van der Waals surface area contributed by atoms with Crippen molar-refractivity contribution in [1.29, 1.82) is 0 Å². The smallest absolute Gasteiger partial charge is 0.338 e. The van der Waals surface area contributed by atoms with Crippen molar-refractivity contribution in [3.8, 4) is 0 Å². The van der Waals surface area contributed by atoms with Crippen LogP contribution in [0.1, 0.15) is 10.4 Å². The highest BCUT2D eigenvalue weighted by Gasteiger charge is 2.14. The Kier molecular flexibility index (Phi) is 4.98. The number of ether oxygens (including phenoxy) is 1. The maximum absolute atomic E-state index is 13.5. The molecule has 0 spiro atoms. The Labute approximate surface area is 129 Å². The van der Waals surface area contributed by atoms with Gasteiger partial charge < -0.3 is 10.1 Å². The third kappa shape index (κ3) is 4.34. The lowest BCUT2D eigenvalue weighted by atomic mass is 10.2. The summed E-state index contributed by atoms with van der Waals surface area (Å²) in [4.78, 5) is 33.2. The van der Waals surface area contributed by atoms with E-state index in [4.69, 9.17) is 4.74 Å². The van der Waals surface area contributed by atoms with Gasteiger partial charge in [0.25, 0.3) is 11.6 Å². The molecule has 0 fully saturated rings. The first-order valence-corrected chi connectivity index (χ1v) is 6.43. The molecule has 0 heterocycles. The van der Waals surface area contributed by atoms with E-state index in [9.17, 15) is 24.1 Å². The number of nitro benzene ring substituents is 1. The molecule has 0 unspecified atom stereocenters. The standard InChI is InChI=1S/C15H11FN2O5/c16-12-7-6-11(18(21)22)8-13(12)17-14(19)9-23-15(20)10-4-2-1-3-5-10/h1-8H,9H2,(H,17,19). The van der Waals surface area contributed by atoms with Crippen LogP contribution in [0.15, 0.2) is 48.5 Å². The summed E-state index contributed by atoms with van der Waals surface area (Å²) in [6.07, 6.45) is 0. The average molecular weight is 318 g/mol. The molecule has 0 bridgehead atoms. The molecule has 118 valence electrons. The molecule has 0 atom stereocenters. The number of benzene rings is 2. The number of hydrogen-bond donors (Lipinski definition) is 1. The van der Waals surface area contributed by atoms with Gasteiger partial charge in [0, 0.05) is 12.1 Å². The summed E-state index contributed by atoms with van der Waals surface area (Å²) in [6, 6.07) is 10.7. The summed E-state index contributed by atoms with van der Waals surface area (Å²) in [5.74, 6) is -2.35. The van der Waals surface area contributed by atoms with Crippen molar-refractivity contribution in [3.05, 3.63) is 70.0 Å². The second-order valence-corrected chi connectivity index (χ2v) is 4.41. The Balaban J connectivity index is 1.96. The average Bonchev–Trinajstić information content (AvgIpc) is 2.55. The van der Waals surface area contributed by atoms with E-state index in [-0.39, 0.29) is 16.9 Å². The van der Waals surface area contributed by atoms with E-state index in [1.165, 1.54) is 12.1 Å². The van der Waals surface area contributed by atoms with Gasteiger partial charge in [-0.05, 0) is 18.2 Å². The number of carbonyl (C=O) groups is 2. The quantitative estimate of drug-likeness (QED) is 0.519. The predicted molar refractivity (Wildman–Crippen MR) is 78.4 cm³/mol. The fraction of sp³-hybridized carbons (Fsp3) is 0.0667. The summed E-state index contributed by atoms with van der Waals surface area (Å²) >= 11 is 0. The molecule has 0 saturated heterocycles. The van der Waals surface area contributed by atoms with E-state index in [0.29, 0.717) is 0 Å². The zero-order valence-electron chi connectivity index (χ0n) is 11.7. The largest absolute Gasteiger partial charge is 0.452 e. The van der Waals surface area contributed by atoms with Gasteiger partial charge in [0.1, 0.15) is 5.82 Å². The van der Waals surface area contributed by atoms with E-state index in [2.05, 4.69) is 5.32 Å². The Morgan fingerprint density at radius 2 is 1.87 bits per heavy atom. The normalized spacial score (nSPS) is 9.96. The lowest BCUT2D eigenvalue weighted by Crippen LogP contribution is -2.21. The molecule has 2 rings (SSSR count). The van der Waals surface area contributed by atoms with E-state index >= 15 is 0 Å². The highest BCUT2D eigenvalue weighted by atomic mass is 19.1. The highest BCUT2D eigenvalue weighted by Crippen LogP contribution is 2.21. The van der Waals surface area contributed by atoms with Crippen LogP contribution in [0, 0.1) is 15.9 Å². The second-order valence-electron chi connectivity index (χ2n) is 4.41. The second kappa shape index (κ2) is 7.12. The van der Waals surface area contributed by atoms with Crippen LogP contribution in [-0.4, -0.2) is 23.4 Å². The minimum atomic E-state index is -0.835. The van der Waals surface area contributed by atoms with Gasteiger partial charge in [-0.2, -0.15) is 0 Å². The summed E-state index contributed by atoms with van der Waals surface area (Å²) < 4.78 is 18.3. The SMILES string of the molecule is O=C(COC(=O)c1ccccc1)Nc1cc([N+](=O)[O-])ccc1F. The van der Waals surface area contributed by atoms with E-state index in [1.54, 1.807) is 18.2 Å². The maximum Gasteiger partial charge on any atom is 0.338 e. The van der Waals surface area contributed by atoms with Crippen LogP contribution in [0.25, 0.3) is 0 Å². The van der Waals surface area contributed by atoms with E-state index in [0.717, 1.165) is 18.2 Å². The lowest BCUT2D eigenvalue weighted by molar-refractivity contribution is -0.384. The summed E-state index contributed by atoms with van der Waals surface area (Å²) in [6.45, 7) is -0.643. The Morgan fingerprint density at radius 3 is 2.52 bits per heavy atom. The molecule has 0 radical (unpaired) electrons. The van der Waals surface area contributed by atoms with Crippen LogP contribution in [-0.2, 0) is 9.53 Å². The number of amides is 1. The van der Waals surface area contributed by atoms with Gasteiger partial charge >= 0.3 is 5.97 Å². The number of non-ortho nitro benzene ring substituents is 1. The Hall–Kier alpha value is -3.29. The molecule has 2 aromatic carbocycles. The first-order chi connectivity index (χ1) is 11.0. The number of anilines is 1. The monoisotopic (exact) mass is 318 g/mol.